The first-order valence-corrected chi connectivity index (χ1v) is 9.23. The predicted octanol–water partition coefficient (Wildman–Crippen LogP) is 1.30. The third-order valence-electron chi connectivity index (χ3n) is 3.96. The number of rotatable bonds is 4. The maximum Gasteiger partial charge on any atom is 0.401 e. The van der Waals surface area contributed by atoms with Crippen molar-refractivity contribution in [1.82, 2.24) is 14.5 Å². The molecule has 1 amide bonds. The molecule has 25 heavy (non-hydrogen) atoms. The molecule has 6 nitrogen and oxygen atoms in total. The number of halogens is 3. The molecule has 10 heteroatoms. The van der Waals surface area contributed by atoms with E-state index in [4.69, 9.17) is 0 Å². The van der Waals surface area contributed by atoms with Crippen molar-refractivity contribution in [1.29, 1.82) is 0 Å². The lowest BCUT2D eigenvalue weighted by molar-refractivity contribution is -0.145. The maximum absolute atomic E-state index is 12.5. The van der Waals surface area contributed by atoms with Gasteiger partial charge >= 0.3 is 6.18 Å². The summed E-state index contributed by atoms with van der Waals surface area (Å²) < 4.78 is 63.0. The van der Waals surface area contributed by atoms with Gasteiger partial charge < -0.3 is 4.90 Å². The minimum absolute atomic E-state index is 0.0405. The molecule has 0 unspecified atom stereocenters. The second kappa shape index (κ2) is 7.71. The van der Waals surface area contributed by atoms with Gasteiger partial charge in [-0.05, 0) is 37.7 Å². The van der Waals surface area contributed by atoms with Gasteiger partial charge in [-0.2, -0.15) is 13.2 Å². The van der Waals surface area contributed by atoms with E-state index in [9.17, 15) is 26.4 Å². The number of amides is 1. The van der Waals surface area contributed by atoms with Crippen molar-refractivity contribution < 1.29 is 26.4 Å². The molecule has 1 aromatic rings. The summed E-state index contributed by atoms with van der Waals surface area (Å²) in [6, 6.07) is 5.47. The van der Waals surface area contributed by atoms with E-state index in [-0.39, 0.29) is 30.4 Å². The van der Waals surface area contributed by atoms with Crippen LogP contribution in [0, 0.1) is 0 Å². The van der Waals surface area contributed by atoms with Gasteiger partial charge in [-0.1, -0.05) is 0 Å². The van der Waals surface area contributed by atoms with Crippen molar-refractivity contribution in [3.8, 4) is 0 Å². The first kappa shape index (κ1) is 19.7. The minimum atomic E-state index is -4.26. The van der Waals surface area contributed by atoms with E-state index in [0.717, 1.165) is 0 Å². The largest absolute Gasteiger partial charge is 0.401 e. The van der Waals surface area contributed by atoms with Crippen molar-refractivity contribution in [2.75, 3.05) is 39.8 Å². The van der Waals surface area contributed by atoms with E-state index < -0.39 is 22.7 Å². The van der Waals surface area contributed by atoms with Gasteiger partial charge in [-0.25, -0.2) is 13.1 Å². The fourth-order valence-corrected chi connectivity index (χ4v) is 3.39. The van der Waals surface area contributed by atoms with Crippen molar-refractivity contribution in [2.45, 2.75) is 17.5 Å². The first-order valence-electron chi connectivity index (χ1n) is 7.74. The first-order chi connectivity index (χ1) is 11.6. The summed E-state index contributed by atoms with van der Waals surface area (Å²) in [5.74, 6) is -0.317. The quantitative estimate of drug-likeness (QED) is 0.856. The highest BCUT2D eigenvalue weighted by Crippen LogP contribution is 2.18. The molecule has 0 atom stereocenters. The maximum atomic E-state index is 12.5. The standard InChI is InChI=1S/C15H20F3N3O3S/c1-19-25(23,24)13-5-3-12(4-6-13)14(22)21-8-2-7-20(9-10-21)11-15(16,17)18/h3-6,19H,2,7-11H2,1H3. The molecule has 1 aliphatic rings. The van der Waals surface area contributed by atoms with Crippen LogP contribution in [0.3, 0.4) is 0 Å². The number of benzene rings is 1. The van der Waals surface area contributed by atoms with Gasteiger partial charge in [0.05, 0.1) is 11.4 Å². The Labute approximate surface area is 144 Å². The number of hydrogen-bond donors (Lipinski definition) is 1. The summed E-state index contributed by atoms with van der Waals surface area (Å²) in [5.41, 5.74) is 0.305. The van der Waals surface area contributed by atoms with E-state index >= 15 is 0 Å². The van der Waals surface area contributed by atoms with Crippen LogP contribution in [-0.2, 0) is 10.0 Å². The fraction of sp³-hybridized carbons (Fsp3) is 0.533. The van der Waals surface area contributed by atoms with Gasteiger partial charge in [-0.15, -0.1) is 0 Å². The highest BCUT2D eigenvalue weighted by Gasteiger charge is 2.32. The van der Waals surface area contributed by atoms with E-state index in [0.29, 0.717) is 18.5 Å². The Morgan fingerprint density at radius 3 is 2.32 bits per heavy atom. The Balaban J connectivity index is 2.03. The number of carbonyl (C=O) groups is 1. The molecule has 1 fully saturated rings. The van der Waals surface area contributed by atoms with E-state index in [1.54, 1.807) is 0 Å². The summed E-state index contributed by atoms with van der Waals surface area (Å²) in [4.78, 5) is 15.3. The van der Waals surface area contributed by atoms with Gasteiger partial charge in [0.15, 0.2) is 0 Å². The van der Waals surface area contributed by atoms with Gasteiger partial charge in [0.25, 0.3) is 5.91 Å². The zero-order valence-corrected chi connectivity index (χ0v) is 14.5. The molecular formula is C15H20F3N3O3S. The SMILES string of the molecule is CNS(=O)(=O)c1ccc(C(=O)N2CCCN(CC(F)(F)F)CC2)cc1. The zero-order chi connectivity index (χ0) is 18.7. The molecule has 1 aromatic carbocycles. The number of nitrogens with one attached hydrogen (secondary N) is 1. The Morgan fingerprint density at radius 2 is 1.76 bits per heavy atom. The highest BCUT2D eigenvalue weighted by atomic mass is 32.2. The zero-order valence-electron chi connectivity index (χ0n) is 13.7. The molecule has 1 saturated heterocycles. The van der Waals surface area contributed by atoms with Crippen molar-refractivity contribution in [3.63, 3.8) is 0 Å². The minimum Gasteiger partial charge on any atom is -0.337 e. The smallest absolute Gasteiger partial charge is 0.337 e. The molecule has 1 aliphatic heterocycles. The third kappa shape index (κ3) is 5.41. The fourth-order valence-electron chi connectivity index (χ4n) is 2.66. The molecule has 0 radical (unpaired) electrons. The number of nitrogens with zero attached hydrogens (tertiary/aromatic N) is 2. The summed E-state index contributed by atoms with van der Waals surface area (Å²) in [5, 5.41) is 0. The van der Waals surface area contributed by atoms with Gasteiger partial charge in [0.1, 0.15) is 0 Å². The Hall–Kier alpha value is -1.65. The van der Waals surface area contributed by atoms with E-state index in [1.165, 1.54) is 41.1 Å². The average Bonchev–Trinajstić information content (AvgIpc) is 2.78. The van der Waals surface area contributed by atoms with Gasteiger partial charge in [0, 0.05) is 31.7 Å². The summed E-state index contributed by atoms with van der Waals surface area (Å²) >= 11 is 0. The van der Waals surface area contributed by atoms with Crippen LogP contribution in [0.15, 0.2) is 29.2 Å². The van der Waals surface area contributed by atoms with Crippen LogP contribution < -0.4 is 4.72 Å². The number of carbonyl (C=O) groups excluding carboxylic acids is 1. The normalized spacial score (nSPS) is 17.4. The second-order valence-corrected chi connectivity index (χ2v) is 7.66. The lowest BCUT2D eigenvalue weighted by Gasteiger charge is -2.23. The highest BCUT2D eigenvalue weighted by molar-refractivity contribution is 7.89. The average molecular weight is 379 g/mol. The van der Waals surface area contributed by atoms with Crippen LogP contribution in [-0.4, -0.2) is 70.1 Å². The lowest BCUT2D eigenvalue weighted by Crippen LogP contribution is -2.38. The monoisotopic (exact) mass is 379 g/mol. The summed E-state index contributed by atoms with van der Waals surface area (Å²) in [6.45, 7) is 0.0148. The Morgan fingerprint density at radius 1 is 1.12 bits per heavy atom. The van der Waals surface area contributed by atoms with Gasteiger partial charge in [0.2, 0.25) is 10.0 Å². The predicted molar refractivity (Wildman–Crippen MR) is 85.7 cm³/mol. The molecule has 0 aromatic heterocycles. The Bertz CT molecular complexity index is 705. The van der Waals surface area contributed by atoms with Crippen LogP contribution in [0.5, 0.6) is 0 Å². The number of alkyl halides is 3. The van der Waals surface area contributed by atoms with E-state index in [2.05, 4.69) is 4.72 Å². The van der Waals surface area contributed by atoms with Crippen LogP contribution >= 0.6 is 0 Å². The van der Waals surface area contributed by atoms with Crippen LogP contribution in [0.4, 0.5) is 13.2 Å². The van der Waals surface area contributed by atoms with Crippen LogP contribution in [0.2, 0.25) is 0 Å². The summed E-state index contributed by atoms with van der Waals surface area (Å²) in [6.07, 6.45) is -3.80. The van der Waals surface area contributed by atoms with Crippen molar-refractivity contribution >= 4 is 15.9 Å². The molecule has 0 bridgehead atoms. The number of hydrogen-bond acceptors (Lipinski definition) is 4. The van der Waals surface area contributed by atoms with Crippen LogP contribution in [0.1, 0.15) is 16.8 Å². The molecule has 0 spiro atoms. The second-order valence-electron chi connectivity index (χ2n) is 5.77. The van der Waals surface area contributed by atoms with Crippen molar-refractivity contribution in [3.05, 3.63) is 29.8 Å². The van der Waals surface area contributed by atoms with E-state index in [1.807, 2.05) is 0 Å². The van der Waals surface area contributed by atoms with Crippen LogP contribution in [0.25, 0.3) is 0 Å². The number of sulfonamides is 1. The lowest BCUT2D eigenvalue weighted by atomic mass is 10.2. The molecule has 2 rings (SSSR count). The van der Waals surface area contributed by atoms with Gasteiger partial charge in [-0.3, -0.25) is 9.69 Å². The third-order valence-corrected chi connectivity index (χ3v) is 5.39. The molecule has 1 heterocycles. The molecule has 140 valence electrons. The molecule has 1 N–H and O–H groups in total. The summed E-state index contributed by atoms with van der Waals surface area (Å²) in [7, 11) is -2.29. The Kier molecular flexibility index (Phi) is 6.07. The molecular weight excluding hydrogens is 359 g/mol. The van der Waals surface area contributed by atoms with Crippen molar-refractivity contribution in [2.24, 2.45) is 0 Å². The topological polar surface area (TPSA) is 69.7 Å². The molecule has 0 saturated carbocycles. The molecule has 0 aliphatic carbocycles.